The number of nitrogens with zero attached hydrogens (tertiary/aromatic N) is 4. The highest BCUT2D eigenvalue weighted by Gasteiger charge is 2.27. The van der Waals surface area contributed by atoms with Gasteiger partial charge in [0.05, 0.1) is 18.4 Å². The summed E-state index contributed by atoms with van der Waals surface area (Å²) in [7, 11) is 3.87. The Morgan fingerprint density at radius 3 is 3.06 bits per heavy atom. The van der Waals surface area contributed by atoms with E-state index < -0.39 is 0 Å². The minimum absolute atomic E-state index is 0.228. The Labute approximate surface area is 108 Å². The third-order valence-corrected chi connectivity index (χ3v) is 3.52. The maximum atomic E-state index is 5.88. The van der Waals surface area contributed by atoms with Crippen molar-refractivity contribution in [3.05, 3.63) is 11.9 Å². The first-order valence-electron chi connectivity index (χ1n) is 6.59. The van der Waals surface area contributed by atoms with Crippen LogP contribution in [0.5, 0.6) is 0 Å². The number of hydrogen-bond acceptors (Lipinski definition) is 5. The molecule has 1 saturated heterocycles. The van der Waals surface area contributed by atoms with Crippen molar-refractivity contribution < 1.29 is 4.74 Å². The van der Waals surface area contributed by atoms with Gasteiger partial charge in [0, 0.05) is 38.8 Å². The molecule has 1 N–H and O–H groups in total. The molecule has 1 aliphatic heterocycles. The van der Waals surface area contributed by atoms with Gasteiger partial charge in [-0.15, -0.1) is 5.10 Å². The molecule has 2 heterocycles. The van der Waals surface area contributed by atoms with Crippen LogP contribution in [0.2, 0.25) is 0 Å². The first kappa shape index (κ1) is 13.5. The molecular weight excluding hydrogens is 230 g/mol. The minimum Gasteiger partial charge on any atom is -0.374 e. The van der Waals surface area contributed by atoms with Crippen LogP contribution in [0.15, 0.2) is 6.20 Å². The summed E-state index contributed by atoms with van der Waals surface area (Å²) >= 11 is 0. The summed E-state index contributed by atoms with van der Waals surface area (Å²) < 4.78 is 7.62. The van der Waals surface area contributed by atoms with Crippen molar-refractivity contribution in [2.75, 3.05) is 33.3 Å². The van der Waals surface area contributed by atoms with Gasteiger partial charge in [0.1, 0.15) is 0 Å². The van der Waals surface area contributed by atoms with Crippen LogP contribution in [0, 0.1) is 0 Å². The second-order valence-corrected chi connectivity index (χ2v) is 4.79. The number of ether oxygens (including phenoxy) is 1. The number of nitrogens with one attached hydrogen (secondary N) is 1. The lowest BCUT2D eigenvalue weighted by Crippen LogP contribution is -2.52. The smallest absolute Gasteiger partial charge is 0.0859 e. The van der Waals surface area contributed by atoms with Crippen LogP contribution >= 0.6 is 0 Å². The molecule has 0 aliphatic carbocycles. The van der Waals surface area contributed by atoms with Crippen molar-refractivity contribution in [3.8, 4) is 0 Å². The monoisotopic (exact) mass is 253 g/mol. The van der Waals surface area contributed by atoms with Crippen molar-refractivity contribution in [2.45, 2.75) is 25.5 Å². The Hall–Kier alpha value is -0.980. The molecule has 0 radical (unpaired) electrons. The zero-order chi connectivity index (χ0) is 13.0. The minimum atomic E-state index is 0.228. The quantitative estimate of drug-likeness (QED) is 0.778. The lowest BCUT2D eigenvalue weighted by Gasteiger charge is -2.36. The zero-order valence-electron chi connectivity index (χ0n) is 11.5. The Balaban J connectivity index is 1.95. The Morgan fingerprint density at radius 1 is 1.61 bits per heavy atom. The summed E-state index contributed by atoms with van der Waals surface area (Å²) in [5, 5.41) is 11.5. The molecule has 1 fully saturated rings. The van der Waals surface area contributed by atoms with Crippen LogP contribution < -0.4 is 5.32 Å². The van der Waals surface area contributed by atoms with Gasteiger partial charge in [-0.3, -0.25) is 9.58 Å². The number of hydrogen-bond donors (Lipinski definition) is 1. The third-order valence-electron chi connectivity index (χ3n) is 3.52. The van der Waals surface area contributed by atoms with Gasteiger partial charge in [-0.1, -0.05) is 12.1 Å². The van der Waals surface area contributed by atoms with Crippen LogP contribution in [-0.4, -0.2) is 65.3 Å². The zero-order valence-corrected chi connectivity index (χ0v) is 11.5. The van der Waals surface area contributed by atoms with Crippen LogP contribution in [0.3, 0.4) is 0 Å². The summed E-state index contributed by atoms with van der Waals surface area (Å²) in [5.74, 6) is 0. The second kappa shape index (κ2) is 6.26. The molecule has 2 atom stereocenters. The van der Waals surface area contributed by atoms with E-state index >= 15 is 0 Å². The Morgan fingerprint density at radius 2 is 2.44 bits per heavy atom. The maximum Gasteiger partial charge on any atom is 0.0859 e. The molecule has 0 saturated carbocycles. The number of likely N-dealkylation sites (N-methyl/N-ethyl adjacent to an activating group) is 2. The molecule has 1 aromatic heterocycles. The van der Waals surface area contributed by atoms with E-state index in [9.17, 15) is 0 Å². The van der Waals surface area contributed by atoms with Crippen molar-refractivity contribution in [1.82, 2.24) is 25.2 Å². The maximum absolute atomic E-state index is 5.88. The van der Waals surface area contributed by atoms with Crippen molar-refractivity contribution in [1.29, 1.82) is 0 Å². The summed E-state index contributed by atoms with van der Waals surface area (Å²) in [4.78, 5) is 2.43. The van der Waals surface area contributed by atoms with E-state index in [2.05, 4.69) is 27.5 Å². The topological polar surface area (TPSA) is 55.2 Å². The molecule has 0 bridgehead atoms. The van der Waals surface area contributed by atoms with E-state index in [0.717, 1.165) is 38.4 Å². The molecular formula is C12H23N5O. The van der Waals surface area contributed by atoms with E-state index in [1.54, 1.807) is 4.68 Å². The molecule has 2 unspecified atom stereocenters. The Kier molecular flexibility index (Phi) is 4.68. The third kappa shape index (κ3) is 3.28. The number of aryl methyl sites for hydroxylation is 1. The van der Waals surface area contributed by atoms with Gasteiger partial charge in [0.25, 0.3) is 0 Å². The number of morpholine rings is 1. The van der Waals surface area contributed by atoms with Crippen LogP contribution in [0.4, 0.5) is 0 Å². The fourth-order valence-electron chi connectivity index (χ4n) is 2.40. The molecule has 6 nitrogen and oxygen atoms in total. The largest absolute Gasteiger partial charge is 0.374 e. The van der Waals surface area contributed by atoms with Crippen molar-refractivity contribution >= 4 is 0 Å². The average Bonchev–Trinajstić information content (AvgIpc) is 2.81. The highest BCUT2D eigenvalue weighted by molar-refractivity contribution is 4.98. The Bertz CT molecular complexity index is 367. The first-order valence-corrected chi connectivity index (χ1v) is 6.59. The van der Waals surface area contributed by atoms with E-state index in [1.807, 2.05) is 20.3 Å². The van der Waals surface area contributed by atoms with Gasteiger partial charge in [-0.2, -0.15) is 0 Å². The standard InChI is InChI=1S/C12H23N5O/c1-4-17-5-6-18-12(9-17)11(13-2)7-10-8-16(3)15-14-10/h8,11-13H,4-7,9H2,1-3H3. The lowest BCUT2D eigenvalue weighted by molar-refractivity contribution is -0.0437. The van der Waals surface area contributed by atoms with E-state index in [1.165, 1.54) is 0 Å². The predicted octanol–water partition coefficient (Wildman–Crippen LogP) is -0.334. The summed E-state index contributed by atoms with van der Waals surface area (Å²) in [6.07, 6.45) is 3.04. The number of aromatic nitrogens is 3. The van der Waals surface area contributed by atoms with Gasteiger partial charge < -0.3 is 10.1 Å². The molecule has 0 aromatic carbocycles. The van der Waals surface area contributed by atoms with E-state index in [4.69, 9.17) is 4.74 Å². The fourth-order valence-corrected chi connectivity index (χ4v) is 2.40. The van der Waals surface area contributed by atoms with Gasteiger partial charge >= 0.3 is 0 Å². The molecule has 1 aliphatic rings. The van der Waals surface area contributed by atoms with Crippen LogP contribution in [0.25, 0.3) is 0 Å². The summed E-state index contributed by atoms with van der Waals surface area (Å²) in [6.45, 7) is 6.12. The fraction of sp³-hybridized carbons (Fsp3) is 0.833. The second-order valence-electron chi connectivity index (χ2n) is 4.79. The van der Waals surface area contributed by atoms with Gasteiger partial charge in [-0.25, -0.2) is 0 Å². The molecule has 6 heteroatoms. The van der Waals surface area contributed by atoms with E-state index in [-0.39, 0.29) is 12.1 Å². The molecule has 2 rings (SSSR count). The van der Waals surface area contributed by atoms with Gasteiger partial charge in [0.2, 0.25) is 0 Å². The lowest BCUT2D eigenvalue weighted by atomic mass is 10.0. The van der Waals surface area contributed by atoms with Crippen molar-refractivity contribution in [2.24, 2.45) is 7.05 Å². The molecule has 0 spiro atoms. The van der Waals surface area contributed by atoms with Crippen LogP contribution in [-0.2, 0) is 18.2 Å². The van der Waals surface area contributed by atoms with Crippen molar-refractivity contribution in [3.63, 3.8) is 0 Å². The highest BCUT2D eigenvalue weighted by atomic mass is 16.5. The van der Waals surface area contributed by atoms with Gasteiger partial charge in [-0.05, 0) is 13.6 Å². The van der Waals surface area contributed by atoms with Gasteiger partial charge in [0.15, 0.2) is 0 Å². The van der Waals surface area contributed by atoms with Crippen LogP contribution in [0.1, 0.15) is 12.6 Å². The van der Waals surface area contributed by atoms with E-state index in [0.29, 0.717) is 0 Å². The number of rotatable bonds is 5. The predicted molar refractivity (Wildman–Crippen MR) is 69.4 cm³/mol. The first-order chi connectivity index (χ1) is 8.72. The average molecular weight is 253 g/mol. The normalized spacial score (nSPS) is 23.2. The molecule has 0 amide bonds. The molecule has 1 aromatic rings. The SMILES string of the molecule is CCN1CCOC(C(Cc2cn(C)nn2)NC)C1. The highest BCUT2D eigenvalue weighted by Crippen LogP contribution is 2.12. The summed E-state index contributed by atoms with van der Waals surface area (Å²) in [5.41, 5.74) is 1.01. The molecule has 18 heavy (non-hydrogen) atoms. The summed E-state index contributed by atoms with van der Waals surface area (Å²) in [6, 6.07) is 0.288. The molecule has 102 valence electrons.